The van der Waals surface area contributed by atoms with Crippen molar-refractivity contribution in [2.45, 2.75) is 46.6 Å². The van der Waals surface area contributed by atoms with Gasteiger partial charge in [0.2, 0.25) is 0 Å². The van der Waals surface area contributed by atoms with Crippen molar-refractivity contribution in [2.75, 3.05) is 13.2 Å². The molecule has 2 amide bonds. The van der Waals surface area contributed by atoms with Crippen LogP contribution in [0.3, 0.4) is 0 Å². The number of amides is 2. The third-order valence-electron chi connectivity index (χ3n) is 4.58. The van der Waals surface area contributed by atoms with E-state index in [2.05, 4.69) is 27.7 Å². The lowest BCUT2D eigenvalue weighted by Gasteiger charge is -2.24. The molecule has 1 aliphatic carbocycles. The Balaban J connectivity index is 1.93. The average Bonchev–Trinajstić information content (AvgIpc) is 3.14. The molecule has 2 aliphatic rings. The van der Waals surface area contributed by atoms with Crippen LogP contribution in [0.1, 0.15) is 51.3 Å². The lowest BCUT2D eigenvalue weighted by atomic mass is 10.1. The highest BCUT2D eigenvalue weighted by molar-refractivity contribution is 6.13. The molecule has 0 fully saturated rings. The Kier molecular flexibility index (Phi) is 5.35. The van der Waals surface area contributed by atoms with Gasteiger partial charge in [-0.05, 0) is 36.3 Å². The fourth-order valence-corrected chi connectivity index (χ4v) is 3.39. The Morgan fingerprint density at radius 3 is 2.23 bits per heavy atom. The van der Waals surface area contributed by atoms with Gasteiger partial charge in [0.25, 0.3) is 11.8 Å². The number of rotatable bonds is 7. The van der Waals surface area contributed by atoms with Crippen LogP contribution in [0.15, 0.2) is 24.3 Å². The number of benzene rings is 1. The van der Waals surface area contributed by atoms with Crippen LogP contribution in [0, 0.1) is 11.8 Å². The summed E-state index contributed by atoms with van der Waals surface area (Å²) >= 11 is 0. The van der Waals surface area contributed by atoms with E-state index >= 15 is 0 Å². The van der Waals surface area contributed by atoms with Crippen molar-refractivity contribution in [3.05, 3.63) is 35.4 Å². The van der Waals surface area contributed by atoms with Crippen LogP contribution in [-0.4, -0.2) is 29.9 Å². The van der Waals surface area contributed by atoms with Gasteiger partial charge in [-0.25, -0.2) is 0 Å². The molecule has 1 heterocycles. The molecule has 0 saturated carbocycles. The minimum Gasteiger partial charge on any atom is -0.489 e. The predicted octanol–water partition coefficient (Wildman–Crippen LogP) is 3.67. The predicted molar refractivity (Wildman–Crippen MR) is 99.2 cm³/mol. The third-order valence-corrected chi connectivity index (χ3v) is 4.58. The SMILES string of the molecule is CC(C)COc1ccc2c(c1OCC(C)C)CC[C@@H]2N1C(=O)C=CC1=O. The lowest BCUT2D eigenvalue weighted by Crippen LogP contribution is -2.33. The molecule has 1 aliphatic heterocycles. The zero-order valence-electron chi connectivity index (χ0n) is 16.0. The molecule has 5 nitrogen and oxygen atoms in total. The van der Waals surface area contributed by atoms with E-state index in [1.54, 1.807) is 0 Å². The first-order valence-electron chi connectivity index (χ1n) is 9.35. The van der Waals surface area contributed by atoms with Crippen molar-refractivity contribution in [2.24, 2.45) is 11.8 Å². The van der Waals surface area contributed by atoms with Crippen molar-refractivity contribution in [3.63, 3.8) is 0 Å². The summed E-state index contributed by atoms with van der Waals surface area (Å²) in [6.45, 7) is 9.64. The minimum absolute atomic E-state index is 0.222. The van der Waals surface area contributed by atoms with Gasteiger partial charge in [-0.15, -0.1) is 0 Å². The van der Waals surface area contributed by atoms with Gasteiger partial charge in [-0.2, -0.15) is 0 Å². The molecule has 0 radical (unpaired) electrons. The number of fused-ring (bicyclic) bond motifs is 1. The van der Waals surface area contributed by atoms with Gasteiger partial charge in [0.15, 0.2) is 11.5 Å². The monoisotopic (exact) mass is 357 g/mol. The van der Waals surface area contributed by atoms with Crippen LogP contribution in [-0.2, 0) is 16.0 Å². The number of carbonyl (C=O) groups is 2. The quantitative estimate of drug-likeness (QED) is 0.699. The summed E-state index contributed by atoms with van der Waals surface area (Å²) in [4.78, 5) is 25.5. The largest absolute Gasteiger partial charge is 0.489 e. The van der Waals surface area contributed by atoms with Gasteiger partial charge in [-0.3, -0.25) is 14.5 Å². The molecule has 1 atom stereocenters. The third kappa shape index (κ3) is 3.62. The first kappa shape index (κ1) is 18.5. The molecule has 1 aromatic rings. The number of hydrogen-bond acceptors (Lipinski definition) is 4. The molecule has 0 unspecified atom stereocenters. The van der Waals surface area contributed by atoms with Crippen molar-refractivity contribution in [3.8, 4) is 11.5 Å². The van der Waals surface area contributed by atoms with Gasteiger partial charge >= 0.3 is 0 Å². The van der Waals surface area contributed by atoms with Crippen molar-refractivity contribution in [1.29, 1.82) is 0 Å². The van der Waals surface area contributed by atoms with Crippen LogP contribution in [0.4, 0.5) is 0 Å². The summed E-state index contributed by atoms with van der Waals surface area (Å²) in [6, 6.07) is 3.66. The number of ether oxygens (including phenoxy) is 2. The van der Waals surface area contributed by atoms with Gasteiger partial charge in [0.1, 0.15) is 0 Å². The lowest BCUT2D eigenvalue weighted by molar-refractivity contribution is -0.139. The molecular weight excluding hydrogens is 330 g/mol. The number of nitrogens with zero attached hydrogens (tertiary/aromatic N) is 1. The summed E-state index contributed by atoms with van der Waals surface area (Å²) in [5, 5.41) is 0. The average molecular weight is 357 g/mol. The molecule has 0 N–H and O–H groups in total. The zero-order valence-corrected chi connectivity index (χ0v) is 16.0. The van der Waals surface area contributed by atoms with Gasteiger partial charge in [0.05, 0.1) is 19.3 Å². The van der Waals surface area contributed by atoms with E-state index in [-0.39, 0.29) is 17.9 Å². The molecule has 140 valence electrons. The topological polar surface area (TPSA) is 55.8 Å². The second kappa shape index (κ2) is 7.52. The van der Waals surface area contributed by atoms with Crippen LogP contribution in [0.5, 0.6) is 11.5 Å². The normalized spacial score (nSPS) is 19.0. The van der Waals surface area contributed by atoms with E-state index in [1.807, 2.05) is 12.1 Å². The molecule has 0 saturated heterocycles. The second-order valence-corrected chi connectivity index (χ2v) is 7.80. The first-order chi connectivity index (χ1) is 12.4. The number of hydrogen-bond donors (Lipinski definition) is 0. The Hall–Kier alpha value is -2.30. The van der Waals surface area contributed by atoms with Crippen molar-refractivity contribution < 1.29 is 19.1 Å². The fraction of sp³-hybridized carbons (Fsp3) is 0.524. The summed E-state index contributed by atoms with van der Waals surface area (Å²) in [5.41, 5.74) is 2.05. The minimum atomic E-state index is -0.238. The van der Waals surface area contributed by atoms with E-state index < -0.39 is 0 Å². The van der Waals surface area contributed by atoms with Crippen molar-refractivity contribution >= 4 is 11.8 Å². The molecule has 0 spiro atoms. The fourth-order valence-electron chi connectivity index (χ4n) is 3.39. The molecule has 3 rings (SSSR count). The standard InChI is InChI=1S/C21H27NO4/c1-13(2)11-25-18-8-6-15-16(21(18)26-12-14(3)4)5-7-17(15)22-19(23)9-10-20(22)24/h6,8-10,13-14,17H,5,7,11-12H2,1-4H3/t17-/m0/s1. The van der Waals surface area contributed by atoms with E-state index in [0.717, 1.165) is 35.5 Å². The van der Waals surface area contributed by atoms with E-state index in [9.17, 15) is 9.59 Å². The maximum atomic E-state index is 12.1. The van der Waals surface area contributed by atoms with Gasteiger partial charge in [0, 0.05) is 17.7 Å². The molecular formula is C21H27NO4. The highest BCUT2D eigenvalue weighted by Crippen LogP contribution is 2.45. The molecule has 0 aromatic heterocycles. The maximum Gasteiger partial charge on any atom is 0.254 e. The molecule has 26 heavy (non-hydrogen) atoms. The van der Waals surface area contributed by atoms with Gasteiger partial charge < -0.3 is 9.47 Å². The number of imide groups is 1. The number of carbonyl (C=O) groups excluding carboxylic acids is 2. The zero-order chi connectivity index (χ0) is 18.8. The molecule has 5 heteroatoms. The van der Waals surface area contributed by atoms with Gasteiger partial charge in [-0.1, -0.05) is 33.8 Å². The second-order valence-electron chi connectivity index (χ2n) is 7.80. The van der Waals surface area contributed by atoms with E-state index in [0.29, 0.717) is 25.0 Å². The molecule has 1 aromatic carbocycles. The summed E-state index contributed by atoms with van der Waals surface area (Å²) in [5.74, 6) is 1.85. The maximum absolute atomic E-state index is 12.1. The Labute approximate surface area is 155 Å². The van der Waals surface area contributed by atoms with E-state index in [1.165, 1.54) is 17.1 Å². The Bertz CT molecular complexity index is 718. The van der Waals surface area contributed by atoms with Crippen LogP contribution >= 0.6 is 0 Å². The summed E-state index contributed by atoms with van der Waals surface area (Å²) in [7, 11) is 0. The van der Waals surface area contributed by atoms with E-state index in [4.69, 9.17) is 9.47 Å². The highest BCUT2D eigenvalue weighted by Gasteiger charge is 2.38. The first-order valence-corrected chi connectivity index (χ1v) is 9.35. The highest BCUT2D eigenvalue weighted by atomic mass is 16.5. The smallest absolute Gasteiger partial charge is 0.254 e. The van der Waals surface area contributed by atoms with Crippen LogP contribution in [0.25, 0.3) is 0 Å². The summed E-state index contributed by atoms with van der Waals surface area (Å²) < 4.78 is 12.1. The summed E-state index contributed by atoms with van der Waals surface area (Å²) in [6.07, 6.45) is 4.18. The van der Waals surface area contributed by atoms with Crippen LogP contribution < -0.4 is 9.47 Å². The van der Waals surface area contributed by atoms with Crippen molar-refractivity contribution in [1.82, 2.24) is 4.90 Å². The van der Waals surface area contributed by atoms with Crippen LogP contribution in [0.2, 0.25) is 0 Å². The Morgan fingerprint density at radius 2 is 1.62 bits per heavy atom. The Morgan fingerprint density at radius 1 is 1.00 bits per heavy atom. The molecule has 0 bridgehead atoms.